The summed E-state index contributed by atoms with van der Waals surface area (Å²) < 4.78 is 0. The highest BCUT2D eigenvalue weighted by Gasteiger charge is 2.35. The normalized spacial score (nSPS) is 32.2. The summed E-state index contributed by atoms with van der Waals surface area (Å²) in [6.07, 6.45) is 11.7. The molecule has 2 aliphatic carbocycles. The van der Waals surface area contributed by atoms with Crippen LogP contribution >= 0.6 is 0 Å². The second-order valence-electron chi connectivity index (χ2n) is 6.91. The van der Waals surface area contributed by atoms with Crippen LogP contribution in [-0.4, -0.2) is 47.5 Å². The van der Waals surface area contributed by atoms with Gasteiger partial charge in [0.1, 0.15) is 0 Å². The van der Waals surface area contributed by atoms with Gasteiger partial charge in [-0.3, -0.25) is 0 Å². The number of rotatable bonds is 4. The minimum absolute atomic E-state index is 0.0857. The van der Waals surface area contributed by atoms with Gasteiger partial charge in [0.25, 0.3) is 0 Å². The van der Waals surface area contributed by atoms with Crippen molar-refractivity contribution in [2.75, 3.05) is 20.2 Å². The number of nitrogens with zero attached hydrogens (tertiary/aromatic N) is 1. The minimum atomic E-state index is -0.166. The van der Waals surface area contributed by atoms with Crippen LogP contribution in [0.1, 0.15) is 64.2 Å². The van der Waals surface area contributed by atoms with Gasteiger partial charge in [-0.15, -0.1) is 0 Å². The van der Waals surface area contributed by atoms with E-state index in [1.54, 1.807) is 0 Å². The van der Waals surface area contributed by atoms with Crippen molar-refractivity contribution in [1.29, 1.82) is 0 Å². The van der Waals surface area contributed by atoms with Crippen LogP contribution in [-0.2, 0) is 0 Å². The summed E-state index contributed by atoms with van der Waals surface area (Å²) >= 11 is 0. The Bertz CT molecular complexity index is 261. The number of aliphatic hydroxyl groups is 2. The van der Waals surface area contributed by atoms with E-state index in [0.717, 1.165) is 38.6 Å². The SMILES string of the molecule is CN(CC1(CO)CCCCCC1)C1CCCCC1O. The van der Waals surface area contributed by atoms with E-state index in [1.165, 1.54) is 32.1 Å². The molecule has 2 atom stereocenters. The first kappa shape index (κ1) is 15.3. The second-order valence-corrected chi connectivity index (χ2v) is 6.91. The summed E-state index contributed by atoms with van der Waals surface area (Å²) in [6, 6.07) is 0.306. The Morgan fingerprint density at radius 2 is 1.63 bits per heavy atom. The molecule has 19 heavy (non-hydrogen) atoms. The van der Waals surface area contributed by atoms with Crippen molar-refractivity contribution in [3.8, 4) is 0 Å². The molecular weight excluding hydrogens is 238 g/mol. The average Bonchev–Trinajstić information content (AvgIpc) is 2.65. The smallest absolute Gasteiger partial charge is 0.0695 e. The zero-order valence-electron chi connectivity index (χ0n) is 12.5. The molecule has 2 aliphatic rings. The van der Waals surface area contributed by atoms with E-state index in [9.17, 15) is 10.2 Å². The van der Waals surface area contributed by atoms with E-state index in [-0.39, 0.29) is 11.5 Å². The van der Waals surface area contributed by atoms with Crippen molar-refractivity contribution < 1.29 is 10.2 Å². The Kier molecular flexibility index (Phi) is 5.67. The Morgan fingerprint density at radius 1 is 1.00 bits per heavy atom. The first-order chi connectivity index (χ1) is 9.17. The van der Waals surface area contributed by atoms with Gasteiger partial charge in [0, 0.05) is 24.6 Å². The van der Waals surface area contributed by atoms with Crippen molar-refractivity contribution in [2.45, 2.75) is 76.4 Å². The van der Waals surface area contributed by atoms with Gasteiger partial charge < -0.3 is 15.1 Å². The maximum Gasteiger partial charge on any atom is 0.0695 e. The molecule has 0 bridgehead atoms. The molecule has 0 aromatic heterocycles. The summed E-state index contributed by atoms with van der Waals surface area (Å²) in [4.78, 5) is 2.34. The lowest BCUT2D eigenvalue weighted by Gasteiger charge is -2.41. The lowest BCUT2D eigenvalue weighted by atomic mass is 9.79. The quantitative estimate of drug-likeness (QED) is 0.771. The third-order valence-electron chi connectivity index (χ3n) is 5.34. The minimum Gasteiger partial charge on any atom is -0.396 e. The van der Waals surface area contributed by atoms with Gasteiger partial charge in [-0.25, -0.2) is 0 Å². The van der Waals surface area contributed by atoms with Crippen LogP contribution < -0.4 is 0 Å². The topological polar surface area (TPSA) is 43.7 Å². The standard InChI is InChI=1S/C16H31NO2/c1-17(14-8-4-5-9-15(14)19)12-16(13-18)10-6-2-3-7-11-16/h14-15,18-19H,2-13H2,1H3. The Balaban J connectivity index is 1.95. The molecule has 0 heterocycles. The van der Waals surface area contributed by atoms with Crippen molar-refractivity contribution in [3.63, 3.8) is 0 Å². The Labute approximate surface area is 118 Å². The van der Waals surface area contributed by atoms with E-state index < -0.39 is 0 Å². The molecule has 3 heteroatoms. The molecule has 0 radical (unpaired) electrons. The van der Waals surface area contributed by atoms with Gasteiger partial charge in [-0.1, -0.05) is 38.5 Å². The average molecular weight is 269 g/mol. The summed E-state index contributed by atoms with van der Waals surface area (Å²) in [7, 11) is 2.14. The number of likely N-dealkylation sites (N-methyl/N-ethyl adjacent to an activating group) is 1. The molecule has 2 saturated carbocycles. The molecule has 0 aromatic carbocycles. The molecule has 0 saturated heterocycles. The third-order valence-corrected chi connectivity index (χ3v) is 5.34. The summed E-state index contributed by atoms with van der Waals surface area (Å²) in [5.41, 5.74) is 0.0857. The van der Waals surface area contributed by atoms with Crippen LogP contribution in [0.25, 0.3) is 0 Å². The van der Waals surface area contributed by atoms with Crippen LogP contribution in [0.5, 0.6) is 0 Å². The van der Waals surface area contributed by atoms with E-state index in [4.69, 9.17) is 0 Å². The zero-order chi connectivity index (χ0) is 13.7. The number of hydrogen-bond acceptors (Lipinski definition) is 3. The predicted octanol–water partition coefficient (Wildman–Crippen LogP) is 2.55. The molecule has 3 nitrogen and oxygen atoms in total. The fourth-order valence-corrected chi connectivity index (χ4v) is 4.10. The fraction of sp³-hybridized carbons (Fsp3) is 1.00. The van der Waals surface area contributed by atoms with Crippen LogP contribution in [0.4, 0.5) is 0 Å². The first-order valence-corrected chi connectivity index (χ1v) is 8.16. The molecule has 2 N–H and O–H groups in total. The van der Waals surface area contributed by atoms with Gasteiger partial charge in [0.15, 0.2) is 0 Å². The highest BCUT2D eigenvalue weighted by Crippen LogP contribution is 2.36. The zero-order valence-corrected chi connectivity index (χ0v) is 12.5. The first-order valence-electron chi connectivity index (χ1n) is 8.16. The van der Waals surface area contributed by atoms with Crippen LogP contribution in [0.15, 0.2) is 0 Å². The van der Waals surface area contributed by atoms with E-state index >= 15 is 0 Å². The van der Waals surface area contributed by atoms with Crippen molar-refractivity contribution in [2.24, 2.45) is 5.41 Å². The number of hydrogen-bond donors (Lipinski definition) is 2. The molecule has 0 spiro atoms. The van der Waals surface area contributed by atoms with E-state index in [1.807, 2.05) is 0 Å². The van der Waals surface area contributed by atoms with Crippen molar-refractivity contribution in [3.05, 3.63) is 0 Å². The van der Waals surface area contributed by atoms with Crippen LogP contribution in [0, 0.1) is 5.41 Å². The molecule has 2 fully saturated rings. The summed E-state index contributed by atoms with van der Waals surface area (Å²) in [5, 5.41) is 20.1. The molecule has 0 aliphatic heterocycles. The van der Waals surface area contributed by atoms with Gasteiger partial charge >= 0.3 is 0 Å². The van der Waals surface area contributed by atoms with Crippen LogP contribution in [0.2, 0.25) is 0 Å². The fourth-order valence-electron chi connectivity index (χ4n) is 4.10. The van der Waals surface area contributed by atoms with Gasteiger partial charge in [-0.2, -0.15) is 0 Å². The highest BCUT2D eigenvalue weighted by atomic mass is 16.3. The lowest BCUT2D eigenvalue weighted by molar-refractivity contribution is -0.00610. The van der Waals surface area contributed by atoms with Gasteiger partial charge in [0.2, 0.25) is 0 Å². The third kappa shape index (κ3) is 3.93. The Hall–Kier alpha value is -0.120. The van der Waals surface area contributed by atoms with Gasteiger partial charge in [0.05, 0.1) is 6.10 Å². The lowest BCUT2D eigenvalue weighted by Crippen LogP contribution is -2.48. The highest BCUT2D eigenvalue weighted by molar-refractivity contribution is 4.88. The molecule has 0 aromatic rings. The molecule has 2 rings (SSSR count). The molecular formula is C16H31NO2. The maximum absolute atomic E-state index is 10.2. The van der Waals surface area contributed by atoms with Crippen LogP contribution in [0.3, 0.4) is 0 Å². The van der Waals surface area contributed by atoms with Gasteiger partial charge in [-0.05, 0) is 32.7 Å². The molecule has 0 amide bonds. The largest absolute Gasteiger partial charge is 0.396 e. The van der Waals surface area contributed by atoms with Crippen molar-refractivity contribution >= 4 is 0 Å². The second kappa shape index (κ2) is 7.05. The number of aliphatic hydroxyl groups excluding tert-OH is 2. The predicted molar refractivity (Wildman–Crippen MR) is 78.1 cm³/mol. The Morgan fingerprint density at radius 3 is 2.21 bits per heavy atom. The molecule has 112 valence electrons. The summed E-state index contributed by atoms with van der Waals surface area (Å²) in [6.45, 7) is 1.26. The maximum atomic E-state index is 10.2. The van der Waals surface area contributed by atoms with E-state index in [2.05, 4.69) is 11.9 Å². The van der Waals surface area contributed by atoms with E-state index in [0.29, 0.717) is 12.6 Å². The molecule has 2 unspecified atom stereocenters. The van der Waals surface area contributed by atoms with Crippen molar-refractivity contribution in [1.82, 2.24) is 4.90 Å². The summed E-state index contributed by atoms with van der Waals surface area (Å²) in [5.74, 6) is 0. The monoisotopic (exact) mass is 269 g/mol.